The van der Waals surface area contributed by atoms with Gasteiger partial charge >= 0.3 is 0 Å². The van der Waals surface area contributed by atoms with Crippen LogP contribution in [0.3, 0.4) is 0 Å². The summed E-state index contributed by atoms with van der Waals surface area (Å²) in [7, 11) is 0. The van der Waals surface area contributed by atoms with Gasteiger partial charge in [0, 0.05) is 13.0 Å². The standard InChI is InChI=1S/C11H18O2S/c1-2-10-5-6-11(13-10)9-14-8-4-3-7-12/h5-6,12H,2-4,7-9H2,1H3. The maximum Gasteiger partial charge on any atom is 0.114 e. The molecule has 0 aliphatic heterocycles. The van der Waals surface area contributed by atoms with Crippen LogP contribution in [0.5, 0.6) is 0 Å². The van der Waals surface area contributed by atoms with Crippen molar-refractivity contribution in [2.45, 2.75) is 31.9 Å². The number of aliphatic hydroxyl groups is 1. The van der Waals surface area contributed by atoms with Crippen LogP contribution in [0.25, 0.3) is 0 Å². The summed E-state index contributed by atoms with van der Waals surface area (Å²) >= 11 is 1.87. The molecule has 1 heterocycles. The monoisotopic (exact) mass is 214 g/mol. The van der Waals surface area contributed by atoms with Crippen LogP contribution in [0, 0.1) is 0 Å². The molecule has 0 aliphatic rings. The zero-order valence-corrected chi connectivity index (χ0v) is 9.48. The summed E-state index contributed by atoms with van der Waals surface area (Å²) in [6.07, 6.45) is 2.96. The summed E-state index contributed by atoms with van der Waals surface area (Å²) in [5, 5.41) is 8.59. The van der Waals surface area contributed by atoms with E-state index in [2.05, 4.69) is 13.0 Å². The van der Waals surface area contributed by atoms with E-state index in [0.717, 1.165) is 42.3 Å². The molecular weight excluding hydrogens is 196 g/mol. The van der Waals surface area contributed by atoms with E-state index in [1.165, 1.54) is 0 Å². The van der Waals surface area contributed by atoms with E-state index in [1.807, 2.05) is 17.8 Å². The molecule has 1 aromatic heterocycles. The van der Waals surface area contributed by atoms with Gasteiger partial charge in [-0.15, -0.1) is 0 Å². The maximum absolute atomic E-state index is 8.59. The van der Waals surface area contributed by atoms with Crippen molar-refractivity contribution in [2.24, 2.45) is 0 Å². The van der Waals surface area contributed by atoms with E-state index >= 15 is 0 Å². The fourth-order valence-corrected chi connectivity index (χ4v) is 2.09. The molecule has 0 amide bonds. The van der Waals surface area contributed by atoms with E-state index in [0.29, 0.717) is 6.61 Å². The highest BCUT2D eigenvalue weighted by molar-refractivity contribution is 7.98. The molecule has 0 saturated carbocycles. The van der Waals surface area contributed by atoms with Crippen LogP contribution in [0.15, 0.2) is 16.5 Å². The third-order valence-corrected chi connectivity index (χ3v) is 3.07. The van der Waals surface area contributed by atoms with Gasteiger partial charge in [0.15, 0.2) is 0 Å². The van der Waals surface area contributed by atoms with E-state index in [1.54, 1.807) is 0 Å². The lowest BCUT2D eigenvalue weighted by Crippen LogP contribution is -1.86. The van der Waals surface area contributed by atoms with Crippen molar-refractivity contribution in [3.05, 3.63) is 23.7 Å². The van der Waals surface area contributed by atoms with Gasteiger partial charge in [-0.05, 0) is 30.7 Å². The Bertz CT molecular complexity index is 245. The molecule has 3 heteroatoms. The van der Waals surface area contributed by atoms with Crippen molar-refractivity contribution in [1.82, 2.24) is 0 Å². The lowest BCUT2D eigenvalue weighted by molar-refractivity contribution is 0.287. The molecule has 0 fully saturated rings. The third-order valence-electron chi connectivity index (χ3n) is 2.01. The van der Waals surface area contributed by atoms with Crippen molar-refractivity contribution >= 4 is 11.8 Å². The van der Waals surface area contributed by atoms with Gasteiger partial charge < -0.3 is 9.52 Å². The third kappa shape index (κ3) is 4.20. The fourth-order valence-electron chi connectivity index (χ4n) is 1.18. The maximum atomic E-state index is 8.59. The molecule has 0 aliphatic carbocycles. The summed E-state index contributed by atoms with van der Waals surface area (Å²) < 4.78 is 5.57. The molecule has 1 N–H and O–H groups in total. The highest BCUT2D eigenvalue weighted by atomic mass is 32.2. The van der Waals surface area contributed by atoms with Crippen molar-refractivity contribution in [3.63, 3.8) is 0 Å². The van der Waals surface area contributed by atoms with Gasteiger partial charge in [-0.1, -0.05) is 6.92 Å². The lowest BCUT2D eigenvalue weighted by Gasteiger charge is -1.98. The van der Waals surface area contributed by atoms with E-state index in [9.17, 15) is 0 Å². The molecule has 0 aromatic carbocycles. The zero-order chi connectivity index (χ0) is 10.2. The van der Waals surface area contributed by atoms with E-state index < -0.39 is 0 Å². The number of unbranched alkanes of at least 4 members (excludes halogenated alkanes) is 1. The molecule has 0 radical (unpaired) electrons. The summed E-state index contributed by atoms with van der Waals surface area (Å²) in [6, 6.07) is 4.10. The number of thioether (sulfide) groups is 1. The van der Waals surface area contributed by atoms with Crippen LogP contribution < -0.4 is 0 Å². The molecule has 0 spiro atoms. The SMILES string of the molecule is CCc1ccc(CSCCCCO)o1. The topological polar surface area (TPSA) is 33.4 Å². The normalized spacial score (nSPS) is 10.7. The smallest absolute Gasteiger partial charge is 0.114 e. The van der Waals surface area contributed by atoms with Gasteiger partial charge in [0.05, 0.1) is 5.75 Å². The van der Waals surface area contributed by atoms with Crippen molar-refractivity contribution in [2.75, 3.05) is 12.4 Å². The predicted molar refractivity (Wildman–Crippen MR) is 60.6 cm³/mol. The van der Waals surface area contributed by atoms with E-state index in [-0.39, 0.29) is 0 Å². The predicted octanol–water partition coefficient (Wildman–Crippen LogP) is 2.85. The van der Waals surface area contributed by atoms with Crippen LogP contribution in [0.4, 0.5) is 0 Å². The van der Waals surface area contributed by atoms with Crippen molar-refractivity contribution in [1.29, 1.82) is 0 Å². The lowest BCUT2D eigenvalue weighted by atomic mass is 10.4. The minimum absolute atomic E-state index is 0.307. The first-order valence-corrected chi connectivity index (χ1v) is 6.28. The first-order valence-electron chi connectivity index (χ1n) is 5.13. The Labute approximate surface area is 89.7 Å². The van der Waals surface area contributed by atoms with Crippen LogP contribution in [0.1, 0.15) is 31.3 Å². The quantitative estimate of drug-likeness (QED) is 0.709. The second-order valence-electron chi connectivity index (χ2n) is 3.20. The summed E-state index contributed by atoms with van der Waals surface area (Å²) in [5.41, 5.74) is 0. The Balaban J connectivity index is 2.12. The largest absolute Gasteiger partial charge is 0.465 e. The van der Waals surface area contributed by atoms with E-state index in [4.69, 9.17) is 9.52 Å². The van der Waals surface area contributed by atoms with Gasteiger partial charge in [-0.3, -0.25) is 0 Å². The summed E-state index contributed by atoms with van der Waals surface area (Å²) in [6.45, 7) is 2.40. The Morgan fingerprint density at radius 2 is 2.07 bits per heavy atom. The number of rotatable bonds is 7. The van der Waals surface area contributed by atoms with Crippen LogP contribution in [-0.4, -0.2) is 17.5 Å². The highest BCUT2D eigenvalue weighted by Crippen LogP contribution is 2.16. The average Bonchev–Trinajstić information content (AvgIpc) is 2.65. The number of aliphatic hydroxyl groups excluding tert-OH is 1. The van der Waals surface area contributed by atoms with Crippen molar-refractivity contribution in [3.8, 4) is 0 Å². The molecule has 0 bridgehead atoms. The number of hydrogen-bond donors (Lipinski definition) is 1. The molecule has 80 valence electrons. The number of hydrogen-bond acceptors (Lipinski definition) is 3. The molecule has 14 heavy (non-hydrogen) atoms. The first kappa shape index (κ1) is 11.7. The van der Waals surface area contributed by atoms with Crippen LogP contribution in [0.2, 0.25) is 0 Å². The van der Waals surface area contributed by atoms with Crippen LogP contribution in [-0.2, 0) is 12.2 Å². The molecule has 1 rings (SSSR count). The summed E-state index contributed by atoms with van der Waals surface area (Å²) in [5.74, 6) is 4.18. The Morgan fingerprint density at radius 3 is 2.71 bits per heavy atom. The number of furan rings is 1. The zero-order valence-electron chi connectivity index (χ0n) is 8.66. The van der Waals surface area contributed by atoms with Gasteiger partial charge in [0.2, 0.25) is 0 Å². The Hall–Kier alpha value is -0.410. The van der Waals surface area contributed by atoms with Crippen LogP contribution >= 0.6 is 11.8 Å². The van der Waals surface area contributed by atoms with Crippen molar-refractivity contribution < 1.29 is 9.52 Å². The highest BCUT2D eigenvalue weighted by Gasteiger charge is 1.99. The molecule has 1 aromatic rings. The fraction of sp³-hybridized carbons (Fsp3) is 0.636. The van der Waals surface area contributed by atoms with Gasteiger partial charge in [-0.2, -0.15) is 11.8 Å². The van der Waals surface area contributed by atoms with Gasteiger partial charge in [0.25, 0.3) is 0 Å². The average molecular weight is 214 g/mol. The molecular formula is C11H18O2S. The molecule has 2 nitrogen and oxygen atoms in total. The summed E-state index contributed by atoms with van der Waals surface area (Å²) in [4.78, 5) is 0. The van der Waals surface area contributed by atoms with Gasteiger partial charge in [0.1, 0.15) is 11.5 Å². The molecule has 0 saturated heterocycles. The second kappa shape index (κ2) is 6.96. The minimum atomic E-state index is 0.307. The van der Waals surface area contributed by atoms with Gasteiger partial charge in [-0.25, -0.2) is 0 Å². The Morgan fingerprint density at radius 1 is 1.29 bits per heavy atom. The second-order valence-corrected chi connectivity index (χ2v) is 4.31. The molecule has 0 atom stereocenters. The first-order chi connectivity index (χ1) is 6.86. The minimum Gasteiger partial charge on any atom is -0.465 e. The Kier molecular flexibility index (Phi) is 5.80. The number of aryl methyl sites for hydroxylation is 1. The molecule has 0 unspecified atom stereocenters.